The van der Waals surface area contributed by atoms with E-state index in [1.165, 1.54) is 6.92 Å². The normalized spacial score (nSPS) is 26.6. The van der Waals surface area contributed by atoms with Gasteiger partial charge in [0.05, 0.1) is 24.2 Å². The van der Waals surface area contributed by atoms with Crippen LogP contribution in [0.15, 0.2) is 12.2 Å². The molecule has 1 amide bonds. The van der Waals surface area contributed by atoms with Gasteiger partial charge in [-0.25, -0.2) is 0 Å². The number of carbonyl (C=O) groups is 3. The second-order valence-corrected chi connectivity index (χ2v) is 12.4. The molecule has 0 radical (unpaired) electrons. The Bertz CT molecular complexity index is 809. The van der Waals surface area contributed by atoms with Crippen molar-refractivity contribution in [2.24, 2.45) is 23.7 Å². The minimum Gasteiger partial charge on any atom is -0.393 e. The highest BCUT2D eigenvalue weighted by molar-refractivity contribution is 8.13. The predicted octanol–water partition coefficient (Wildman–Crippen LogP) is 3.02. The molecule has 10 atom stereocenters. The van der Waals surface area contributed by atoms with E-state index in [-0.39, 0.29) is 46.7 Å². The number of allylic oxidation sites excluding steroid dienone is 1. The zero-order valence-corrected chi connectivity index (χ0v) is 26.1. The van der Waals surface area contributed by atoms with Gasteiger partial charge in [0.2, 0.25) is 5.91 Å². The Hall–Kier alpha value is -1.30. The molecule has 0 aliphatic carbocycles. The van der Waals surface area contributed by atoms with Gasteiger partial charge in [-0.2, -0.15) is 0 Å². The molecular formula is C29H52N2O7S. The summed E-state index contributed by atoms with van der Waals surface area (Å²) in [6.45, 7) is 13.1. The van der Waals surface area contributed by atoms with Crippen molar-refractivity contribution < 1.29 is 34.1 Å². The molecule has 0 saturated carbocycles. The molecule has 0 spiro atoms. The number of hydrogen-bond donors (Lipinski definition) is 3. The van der Waals surface area contributed by atoms with Crippen molar-refractivity contribution in [3.05, 3.63) is 12.2 Å². The van der Waals surface area contributed by atoms with Gasteiger partial charge in [-0.15, -0.1) is 0 Å². The van der Waals surface area contributed by atoms with Gasteiger partial charge in [-0.05, 0) is 52.3 Å². The standard InChI is InChI=1S/C29H52N2O7S/c1-10-24(33)17(2)11-12-25(34)18(3)15-19(4)27(21(6)28(36)39-14-13-30-22(7)32)38-29-26(35)23(31(8)9)16-20(5)37-29/h11-12,17-21,23-24,26-27,29,33,35H,10,13-16H2,1-9H3,(H,30,32)/b12-11+/t17-,18-,19+,20-,21-,23+,24-,26-,27+,29+/m1/s1. The number of likely N-dealkylation sites (N-methyl/N-ethyl adjacent to an activating group) is 1. The van der Waals surface area contributed by atoms with E-state index in [1.807, 2.05) is 53.6 Å². The molecule has 1 saturated heterocycles. The van der Waals surface area contributed by atoms with Crippen molar-refractivity contribution in [3.8, 4) is 0 Å². The first-order chi connectivity index (χ1) is 18.2. The van der Waals surface area contributed by atoms with Crippen LogP contribution >= 0.6 is 11.8 Å². The Kier molecular flexibility index (Phi) is 16.0. The molecule has 3 N–H and O–H groups in total. The maximum absolute atomic E-state index is 13.1. The number of aliphatic hydroxyl groups is 2. The van der Waals surface area contributed by atoms with E-state index >= 15 is 0 Å². The summed E-state index contributed by atoms with van der Waals surface area (Å²) < 4.78 is 12.4. The van der Waals surface area contributed by atoms with Crippen molar-refractivity contribution >= 4 is 28.6 Å². The predicted molar refractivity (Wildman–Crippen MR) is 155 cm³/mol. The topological polar surface area (TPSA) is 125 Å². The maximum Gasteiger partial charge on any atom is 0.216 e. The van der Waals surface area contributed by atoms with E-state index in [9.17, 15) is 24.6 Å². The van der Waals surface area contributed by atoms with E-state index in [0.29, 0.717) is 31.6 Å². The minimum absolute atomic E-state index is 0.0466. The van der Waals surface area contributed by atoms with Crippen LogP contribution in [0.2, 0.25) is 0 Å². The van der Waals surface area contributed by atoms with E-state index < -0.39 is 30.5 Å². The first-order valence-electron chi connectivity index (χ1n) is 14.2. The van der Waals surface area contributed by atoms with Crippen LogP contribution in [-0.2, 0) is 23.9 Å². The largest absolute Gasteiger partial charge is 0.393 e. The van der Waals surface area contributed by atoms with Crippen LogP contribution in [0.5, 0.6) is 0 Å². The Morgan fingerprint density at radius 3 is 2.41 bits per heavy atom. The summed E-state index contributed by atoms with van der Waals surface area (Å²) in [5.41, 5.74) is 0. The fourth-order valence-electron chi connectivity index (χ4n) is 4.92. The van der Waals surface area contributed by atoms with Crippen LogP contribution in [0.25, 0.3) is 0 Å². The molecule has 10 heteroatoms. The third-order valence-electron chi connectivity index (χ3n) is 7.51. The molecule has 1 rings (SSSR count). The van der Waals surface area contributed by atoms with E-state index in [1.54, 1.807) is 19.1 Å². The van der Waals surface area contributed by atoms with Gasteiger partial charge in [0.15, 0.2) is 17.2 Å². The van der Waals surface area contributed by atoms with Gasteiger partial charge in [0.25, 0.3) is 0 Å². The number of nitrogens with zero attached hydrogens (tertiary/aromatic N) is 1. The number of ketones is 1. The Labute approximate surface area is 239 Å². The highest BCUT2D eigenvalue weighted by Gasteiger charge is 2.42. The molecule has 226 valence electrons. The summed E-state index contributed by atoms with van der Waals surface area (Å²) in [5.74, 6) is -0.937. The lowest BCUT2D eigenvalue weighted by Gasteiger charge is -2.43. The van der Waals surface area contributed by atoms with Crippen molar-refractivity contribution in [2.45, 2.75) is 104 Å². The summed E-state index contributed by atoms with van der Waals surface area (Å²) in [5, 5.41) is 23.6. The van der Waals surface area contributed by atoms with E-state index in [2.05, 4.69) is 5.32 Å². The smallest absolute Gasteiger partial charge is 0.216 e. The molecule has 9 nitrogen and oxygen atoms in total. The van der Waals surface area contributed by atoms with E-state index in [4.69, 9.17) is 9.47 Å². The third-order valence-corrected chi connectivity index (χ3v) is 8.58. The number of rotatable bonds is 16. The fourth-order valence-corrected chi connectivity index (χ4v) is 5.72. The van der Waals surface area contributed by atoms with Crippen molar-refractivity contribution in [3.63, 3.8) is 0 Å². The molecular weight excluding hydrogens is 520 g/mol. The van der Waals surface area contributed by atoms with Crippen LogP contribution in [-0.4, -0.2) is 95.1 Å². The number of carbonyl (C=O) groups excluding carboxylic acids is 3. The first-order valence-corrected chi connectivity index (χ1v) is 15.1. The summed E-state index contributed by atoms with van der Waals surface area (Å²) >= 11 is 1.14. The summed E-state index contributed by atoms with van der Waals surface area (Å²) in [6.07, 6.45) is 2.01. The average molecular weight is 573 g/mol. The SMILES string of the molecule is CC[C@@H](O)[C@H](C)/C=C/C(=O)[C@H](C)C[C@H](C)[C@H](O[C@@H]1O[C@H](C)C[C@H](N(C)C)[C@H]1O)[C@@H](C)C(=O)SCCNC(C)=O. The highest BCUT2D eigenvalue weighted by Crippen LogP contribution is 2.32. The number of nitrogens with one attached hydrogen (secondary N) is 1. The molecule has 1 aliphatic rings. The highest BCUT2D eigenvalue weighted by atomic mass is 32.2. The minimum atomic E-state index is -0.907. The molecule has 39 heavy (non-hydrogen) atoms. The van der Waals surface area contributed by atoms with Crippen LogP contribution in [0.1, 0.15) is 67.7 Å². The molecule has 0 bridgehead atoms. The zero-order valence-electron chi connectivity index (χ0n) is 25.3. The molecule has 1 heterocycles. The number of aliphatic hydroxyl groups excluding tert-OH is 2. The van der Waals surface area contributed by atoms with Gasteiger partial charge in [-0.3, -0.25) is 14.4 Å². The first kappa shape index (κ1) is 35.7. The second kappa shape index (κ2) is 17.5. The number of ether oxygens (including phenoxy) is 2. The van der Waals surface area contributed by atoms with Crippen LogP contribution < -0.4 is 5.32 Å². The molecule has 1 aliphatic heterocycles. The average Bonchev–Trinajstić information content (AvgIpc) is 2.87. The van der Waals surface area contributed by atoms with Crippen LogP contribution in [0.4, 0.5) is 0 Å². The van der Waals surface area contributed by atoms with Gasteiger partial charge in [0, 0.05) is 37.1 Å². The second-order valence-electron chi connectivity index (χ2n) is 11.3. The third kappa shape index (κ3) is 12.0. The lowest BCUT2D eigenvalue weighted by atomic mass is 9.85. The van der Waals surface area contributed by atoms with Crippen molar-refractivity contribution in [2.75, 3.05) is 26.4 Å². The summed E-state index contributed by atoms with van der Waals surface area (Å²) in [7, 11) is 3.81. The monoisotopic (exact) mass is 572 g/mol. The lowest BCUT2D eigenvalue weighted by Crippen LogP contribution is -2.56. The quantitative estimate of drug-likeness (QED) is 0.189. The van der Waals surface area contributed by atoms with Crippen LogP contribution in [0, 0.1) is 23.7 Å². The number of thioether (sulfide) groups is 1. The van der Waals surface area contributed by atoms with Crippen LogP contribution in [0.3, 0.4) is 0 Å². The maximum atomic E-state index is 13.1. The number of hydrogen-bond acceptors (Lipinski definition) is 9. The molecule has 0 unspecified atom stereocenters. The molecule has 1 fully saturated rings. The molecule has 0 aromatic heterocycles. The van der Waals surface area contributed by atoms with Crippen molar-refractivity contribution in [1.29, 1.82) is 0 Å². The Morgan fingerprint density at radius 2 is 1.85 bits per heavy atom. The van der Waals surface area contributed by atoms with Gasteiger partial charge >= 0.3 is 0 Å². The summed E-state index contributed by atoms with van der Waals surface area (Å²) in [6, 6.07) is -0.154. The number of amides is 1. The van der Waals surface area contributed by atoms with Gasteiger partial charge < -0.3 is 29.9 Å². The summed E-state index contributed by atoms with van der Waals surface area (Å²) in [4.78, 5) is 39.1. The molecule has 0 aromatic rings. The van der Waals surface area contributed by atoms with Gasteiger partial charge in [-0.1, -0.05) is 52.5 Å². The van der Waals surface area contributed by atoms with Crippen molar-refractivity contribution in [1.82, 2.24) is 10.2 Å². The Morgan fingerprint density at radius 1 is 1.21 bits per heavy atom. The van der Waals surface area contributed by atoms with E-state index in [0.717, 1.165) is 11.8 Å². The fraction of sp³-hybridized carbons (Fsp3) is 0.828. The van der Waals surface area contributed by atoms with Gasteiger partial charge in [0.1, 0.15) is 6.10 Å². The zero-order chi connectivity index (χ0) is 29.9. The Balaban J connectivity index is 3.05. The lowest BCUT2D eigenvalue weighted by molar-refractivity contribution is -0.277. The molecule has 0 aromatic carbocycles.